The van der Waals surface area contributed by atoms with Gasteiger partial charge in [-0.05, 0) is 96.5 Å². The third kappa shape index (κ3) is 11.0. The summed E-state index contributed by atoms with van der Waals surface area (Å²) in [5, 5.41) is 45.6. The summed E-state index contributed by atoms with van der Waals surface area (Å²) in [7, 11) is -9.73. The highest BCUT2D eigenvalue weighted by Gasteiger charge is 2.21. The Kier molecular flexibility index (Phi) is 13.3. The Hall–Kier alpha value is -5.26. The molecule has 0 saturated heterocycles. The van der Waals surface area contributed by atoms with Crippen molar-refractivity contribution in [2.24, 2.45) is 20.5 Å². The van der Waals surface area contributed by atoms with Gasteiger partial charge in [-0.2, -0.15) is 42.0 Å². The summed E-state index contributed by atoms with van der Waals surface area (Å²) in [6.45, 7) is 0. The Morgan fingerprint density at radius 2 is 1.18 bits per heavy atom. The van der Waals surface area contributed by atoms with E-state index in [4.69, 9.17) is 22.1 Å². The molecule has 0 radical (unpaired) electrons. The van der Waals surface area contributed by atoms with E-state index in [1.54, 1.807) is 48.5 Å². The monoisotopic (exact) mass is 875 g/mol. The van der Waals surface area contributed by atoms with E-state index < -0.39 is 30.0 Å². The van der Waals surface area contributed by atoms with Crippen LogP contribution in [-0.2, 0) is 39.0 Å². The van der Waals surface area contributed by atoms with Gasteiger partial charge in [-0.15, -0.1) is 18.9 Å². The maximum Gasteiger partial charge on any atom is 0.296 e. The highest BCUT2D eigenvalue weighted by molar-refractivity contribution is 7.94. The lowest BCUT2D eigenvalue weighted by atomic mass is 10.1. The van der Waals surface area contributed by atoms with Crippen molar-refractivity contribution in [3.8, 4) is 0 Å². The minimum absolute atomic E-state index is 0.00528. The van der Waals surface area contributed by atoms with Crippen molar-refractivity contribution in [3.63, 3.8) is 0 Å². The maximum absolute atomic E-state index is 12.6. The van der Waals surface area contributed by atoms with Crippen LogP contribution in [0.3, 0.4) is 0 Å². The van der Waals surface area contributed by atoms with E-state index in [9.17, 15) is 25.9 Å². The van der Waals surface area contributed by atoms with Gasteiger partial charge in [0, 0.05) is 26.3 Å². The summed E-state index contributed by atoms with van der Waals surface area (Å²) in [5.74, 6) is -0.137. The molecule has 1 heterocycles. The van der Waals surface area contributed by atoms with Crippen LogP contribution in [0.15, 0.2) is 137 Å². The lowest BCUT2D eigenvalue weighted by molar-refractivity contribution is -0.432. The molecule has 0 aliphatic carbocycles. The second-order valence-electron chi connectivity index (χ2n) is 10.8. The minimum atomic E-state index is -4.88. The van der Waals surface area contributed by atoms with Crippen molar-refractivity contribution in [2.45, 2.75) is 19.6 Å². The van der Waals surface area contributed by atoms with Crippen LogP contribution in [0.2, 0.25) is 5.28 Å². The number of rotatable bonds is 16. The van der Waals surface area contributed by atoms with Gasteiger partial charge < -0.3 is 10.6 Å². The van der Waals surface area contributed by atoms with Gasteiger partial charge >= 0.3 is 0 Å². The number of hydrogen-bond donors (Lipinski definition) is 6. The Balaban J connectivity index is 1.31. The number of fused-ring (bicyclic) bond motifs is 1. The fraction of sp³-hybridized carbons (Fsp3) is 0. The van der Waals surface area contributed by atoms with Gasteiger partial charge in [0.25, 0.3) is 20.2 Å². The average Bonchev–Trinajstić information content (AvgIpc) is 3.18. The Bertz CT molecular complexity index is 2700. The third-order valence-electron chi connectivity index (χ3n) is 7.15. The zero-order valence-corrected chi connectivity index (χ0v) is 32.0. The van der Waals surface area contributed by atoms with Crippen molar-refractivity contribution in [1.82, 2.24) is 15.0 Å². The zero-order chi connectivity index (χ0) is 40.6. The van der Waals surface area contributed by atoms with Crippen molar-refractivity contribution in [3.05, 3.63) is 102 Å². The lowest BCUT2D eigenvalue weighted by Crippen LogP contribution is -2.06. The van der Waals surface area contributed by atoms with E-state index in [2.05, 4.69) is 64.8 Å². The molecule has 0 spiro atoms. The third-order valence-corrected chi connectivity index (χ3v) is 10.3. The topological polar surface area (TPSA) is 298 Å². The van der Waals surface area contributed by atoms with Crippen molar-refractivity contribution in [2.75, 3.05) is 10.6 Å². The van der Waals surface area contributed by atoms with E-state index in [0.717, 1.165) is 36.2 Å². The highest BCUT2D eigenvalue weighted by Crippen LogP contribution is 2.39. The van der Waals surface area contributed by atoms with Gasteiger partial charge in [-0.25, -0.2) is 10.5 Å². The maximum atomic E-state index is 12.6. The highest BCUT2D eigenvalue weighted by atomic mass is 35.5. The second kappa shape index (κ2) is 18.3. The van der Waals surface area contributed by atoms with E-state index in [1.807, 2.05) is 0 Å². The van der Waals surface area contributed by atoms with Crippen LogP contribution in [0.4, 0.5) is 46.0 Å². The molecule has 6 aromatic rings. The van der Waals surface area contributed by atoms with Crippen LogP contribution >= 0.6 is 35.7 Å². The molecule has 6 N–H and O–H groups in total. The molecule has 26 heteroatoms. The van der Waals surface area contributed by atoms with E-state index in [1.165, 1.54) is 36.4 Å². The zero-order valence-electron chi connectivity index (χ0n) is 27.9. The summed E-state index contributed by atoms with van der Waals surface area (Å²) < 4.78 is 78.8. The summed E-state index contributed by atoms with van der Waals surface area (Å²) in [6.07, 6.45) is 0. The van der Waals surface area contributed by atoms with Crippen molar-refractivity contribution >= 4 is 113 Å². The molecule has 294 valence electrons. The average molecular weight is 876 g/mol. The molecule has 0 bridgehead atoms. The molecule has 0 atom stereocenters. The summed E-state index contributed by atoms with van der Waals surface area (Å²) in [4.78, 5) is 12.4. The number of hydrogen-bond acceptors (Lipinski definition) is 21. The number of halogens is 1. The summed E-state index contributed by atoms with van der Waals surface area (Å²) in [6, 6.07) is 23.2. The van der Waals surface area contributed by atoms with Crippen LogP contribution < -0.4 is 10.6 Å². The standard InChI is InChI=1S/C31H22ClN9O12S4/c32-29-35-30(33-17-4-9-20(10-5-17)54-52-50-42)37-31(36-29)34-25-15-14-23(22-2-1-3-26(28(22)25)56(44,45)46)40-41-24-13-8-19(16-27(24)57(47,48)49)39-38-18-6-11-21(12-7-18)55-53-51-43/h1-16,42-43H,(H,44,45,46)(H,47,48,49)(H2,33,34,35,36,37). The molecular weight excluding hydrogens is 854 g/mol. The first-order chi connectivity index (χ1) is 27.3. The van der Waals surface area contributed by atoms with Crippen molar-refractivity contribution < 1.29 is 55.2 Å². The summed E-state index contributed by atoms with van der Waals surface area (Å²) >= 11 is 7.67. The number of azo groups is 2. The minimum Gasteiger partial charge on any atom is -0.324 e. The Morgan fingerprint density at radius 1 is 0.614 bits per heavy atom. The van der Waals surface area contributed by atoms with Gasteiger partial charge in [-0.1, -0.05) is 22.2 Å². The predicted molar refractivity (Wildman–Crippen MR) is 204 cm³/mol. The van der Waals surface area contributed by atoms with E-state index in [-0.39, 0.29) is 50.7 Å². The van der Waals surface area contributed by atoms with Crippen molar-refractivity contribution in [1.29, 1.82) is 0 Å². The lowest BCUT2D eigenvalue weighted by Gasteiger charge is -2.14. The Labute approximate surface area is 334 Å². The SMILES string of the molecule is O=S(=O)(O)c1cc(N=Nc2ccc(SOOO)cc2)ccc1N=Nc1ccc(Nc2nc(Cl)nc(Nc3ccc(SOOO)cc3)n2)c2c(S(=O)(=O)O)cccc12. The molecule has 21 nitrogen and oxygen atoms in total. The largest absolute Gasteiger partial charge is 0.324 e. The first-order valence-corrected chi connectivity index (χ1v) is 20.0. The quantitative estimate of drug-likeness (QED) is 0.0173. The van der Waals surface area contributed by atoms with Gasteiger partial charge in [-0.3, -0.25) is 9.11 Å². The van der Waals surface area contributed by atoms with Gasteiger partial charge in [0.1, 0.15) is 15.5 Å². The molecule has 5 aromatic carbocycles. The summed E-state index contributed by atoms with van der Waals surface area (Å²) in [5.41, 5.74) is 0.724. The normalized spacial score (nSPS) is 12.2. The smallest absolute Gasteiger partial charge is 0.296 e. The molecule has 0 saturated carbocycles. The number of nitrogens with one attached hydrogen (secondary N) is 2. The number of nitrogens with zero attached hydrogens (tertiary/aromatic N) is 7. The molecule has 0 unspecified atom stereocenters. The molecule has 0 aliphatic rings. The Morgan fingerprint density at radius 3 is 1.81 bits per heavy atom. The molecule has 0 aliphatic heterocycles. The fourth-order valence-electron chi connectivity index (χ4n) is 4.82. The number of anilines is 4. The number of aromatic nitrogens is 3. The fourth-order valence-corrected chi connectivity index (χ4v) is 7.07. The van der Waals surface area contributed by atoms with Crippen LogP contribution in [0.5, 0.6) is 0 Å². The molecule has 57 heavy (non-hydrogen) atoms. The van der Waals surface area contributed by atoms with Crippen LogP contribution in [0.1, 0.15) is 0 Å². The number of benzene rings is 5. The molecule has 0 fully saturated rings. The van der Waals surface area contributed by atoms with Gasteiger partial charge in [0.15, 0.2) is 0 Å². The first kappa shape index (κ1) is 41.4. The predicted octanol–water partition coefficient (Wildman–Crippen LogP) is 9.35. The second-order valence-corrected chi connectivity index (χ2v) is 15.5. The van der Waals surface area contributed by atoms with Crippen LogP contribution in [-0.4, -0.2) is 51.4 Å². The van der Waals surface area contributed by atoms with E-state index >= 15 is 0 Å². The molecule has 1 aromatic heterocycles. The van der Waals surface area contributed by atoms with Crippen LogP contribution in [0.25, 0.3) is 10.8 Å². The van der Waals surface area contributed by atoms with Crippen LogP contribution in [0, 0.1) is 0 Å². The van der Waals surface area contributed by atoms with Gasteiger partial charge in [0.2, 0.25) is 17.2 Å². The first-order valence-electron chi connectivity index (χ1n) is 15.2. The molecular formula is C31H22ClN9O12S4. The van der Waals surface area contributed by atoms with E-state index in [0.29, 0.717) is 21.2 Å². The molecule has 6 rings (SSSR count). The van der Waals surface area contributed by atoms with Gasteiger partial charge in [0.05, 0.1) is 46.8 Å². The molecule has 0 amide bonds.